The molecule has 0 radical (unpaired) electrons. The lowest BCUT2D eigenvalue weighted by atomic mass is 10.0. The number of nitrogens with zero attached hydrogens (tertiary/aromatic N) is 2. The molecule has 0 spiro atoms. The lowest BCUT2D eigenvalue weighted by molar-refractivity contribution is 0.571. The average molecular weight is 233 g/mol. The number of imidazole rings is 1. The average Bonchev–Trinajstić information content (AvgIpc) is 2.92. The van der Waals surface area contributed by atoms with E-state index in [1.54, 1.807) is 6.07 Å². The summed E-state index contributed by atoms with van der Waals surface area (Å²) < 4.78 is 15.4. The van der Waals surface area contributed by atoms with Crippen LogP contribution in [0.2, 0.25) is 0 Å². The van der Waals surface area contributed by atoms with Crippen molar-refractivity contribution >= 4 is 5.65 Å². The highest BCUT2D eigenvalue weighted by Gasteiger charge is 2.19. The van der Waals surface area contributed by atoms with E-state index in [2.05, 4.69) is 10.3 Å². The molecule has 3 rings (SSSR count). The number of hydrogen-bond acceptors (Lipinski definition) is 2. The quantitative estimate of drug-likeness (QED) is 0.859. The van der Waals surface area contributed by atoms with Crippen LogP contribution in [-0.4, -0.2) is 22.5 Å². The molecule has 2 aromatic heterocycles. The second-order valence-corrected chi connectivity index (χ2v) is 4.76. The van der Waals surface area contributed by atoms with Gasteiger partial charge in [0.15, 0.2) is 11.5 Å². The summed E-state index contributed by atoms with van der Waals surface area (Å²) in [5.74, 6) is 0.396. The van der Waals surface area contributed by atoms with Crippen LogP contribution in [0.4, 0.5) is 4.39 Å². The van der Waals surface area contributed by atoms with Crippen LogP contribution in [0.15, 0.2) is 18.3 Å². The van der Waals surface area contributed by atoms with E-state index in [0.29, 0.717) is 11.6 Å². The molecule has 1 fully saturated rings. The summed E-state index contributed by atoms with van der Waals surface area (Å²) in [6.45, 7) is 4.15. The molecule has 0 bridgehead atoms. The Morgan fingerprint density at radius 2 is 2.47 bits per heavy atom. The van der Waals surface area contributed by atoms with Crippen LogP contribution in [0.1, 0.15) is 17.8 Å². The van der Waals surface area contributed by atoms with Crippen molar-refractivity contribution in [3.63, 3.8) is 0 Å². The minimum atomic E-state index is -0.244. The van der Waals surface area contributed by atoms with E-state index >= 15 is 0 Å². The Labute approximate surface area is 99.7 Å². The van der Waals surface area contributed by atoms with E-state index in [0.717, 1.165) is 30.9 Å². The third-order valence-corrected chi connectivity index (χ3v) is 3.58. The Bertz CT molecular complexity index is 541. The molecule has 0 aliphatic carbocycles. The summed E-state index contributed by atoms with van der Waals surface area (Å²) in [6.07, 6.45) is 4.01. The minimum absolute atomic E-state index is 0.244. The van der Waals surface area contributed by atoms with Crippen molar-refractivity contribution in [3.8, 4) is 0 Å². The predicted molar refractivity (Wildman–Crippen MR) is 64.6 cm³/mol. The fraction of sp³-hybridized carbons (Fsp3) is 0.462. The third-order valence-electron chi connectivity index (χ3n) is 3.58. The first kappa shape index (κ1) is 10.7. The first-order valence-corrected chi connectivity index (χ1v) is 6.08. The Hall–Kier alpha value is -1.42. The lowest BCUT2D eigenvalue weighted by Crippen LogP contribution is -2.11. The van der Waals surface area contributed by atoms with Gasteiger partial charge in [0, 0.05) is 11.9 Å². The molecule has 3 nitrogen and oxygen atoms in total. The molecule has 0 aromatic carbocycles. The third kappa shape index (κ3) is 1.82. The summed E-state index contributed by atoms with van der Waals surface area (Å²) in [7, 11) is 0. The Morgan fingerprint density at radius 3 is 3.18 bits per heavy atom. The van der Waals surface area contributed by atoms with Crippen LogP contribution in [0, 0.1) is 18.7 Å². The van der Waals surface area contributed by atoms with Crippen LogP contribution in [-0.2, 0) is 6.42 Å². The van der Waals surface area contributed by atoms with Crippen molar-refractivity contribution in [3.05, 3.63) is 35.5 Å². The van der Waals surface area contributed by atoms with Gasteiger partial charge in [-0.2, -0.15) is 0 Å². The molecule has 1 saturated heterocycles. The smallest absolute Gasteiger partial charge is 0.173 e. The van der Waals surface area contributed by atoms with Gasteiger partial charge in [0.1, 0.15) is 0 Å². The Balaban J connectivity index is 1.99. The molecule has 17 heavy (non-hydrogen) atoms. The zero-order valence-corrected chi connectivity index (χ0v) is 9.91. The Morgan fingerprint density at radius 1 is 1.59 bits per heavy atom. The maximum absolute atomic E-state index is 13.6. The summed E-state index contributed by atoms with van der Waals surface area (Å²) >= 11 is 0. The van der Waals surface area contributed by atoms with Gasteiger partial charge < -0.3 is 9.72 Å². The first-order valence-electron chi connectivity index (χ1n) is 6.08. The van der Waals surface area contributed by atoms with Crippen LogP contribution in [0.5, 0.6) is 0 Å². The van der Waals surface area contributed by atoms with Crippen molar-refractivity contribution in [1.82, 2.24) is 14.7 Å². The highest BCUT2D eigenvalue weighted by Crippen LogP contribution is 2.20. The normalized spacial score (nSPS) is 20.2. The molecule has 0 amide bonds. The van der Waals surface area contributed by atoms with E-state index in [4.69, 9.17) is 0 Å². The van der Waals surface area contributed by atoms with Gasteiger partial charge in [0.05, 0.1) is 5.69 Å². The van der Waals surface area contributed by atoms with Gasteiger partial charge >= 0.3 is 0 Å². The number of nitrogens with one attached hydrogen (secondary N) is 1. The van der Waals surface area contributed by atoms with Crippen molar-refractivity contribution in [1.29, 1.82) is 0 Å². The molecular weight excluding hydrogens is 217 g/mol. The number of rotatable bonds is 2. The van der Waals surface area contributed by atoms with E-state index < -0.39 is 0 Å². The predicted octanol–water partition coefficient (Wildman–Crippen LogP) is 1.93. The second kappa shape index (κ2) is 4.11. The SMILES string of the molecule is Cc1c(CC2CCNC2)nc2c(F)cccn12. The van der Waals surface area contributed by atoms with Crippen LogP contribution in [0.25, 0.3) is 5.65 Å². The second-order valence-electron chi connectivity index (χ2n) is 4.76. The highest BCUT2D eigenvalue weighted by atomic mass is 19.1. The summed E-state index contributed by atoms with van der Waals surface area (Å²) in [6, 6.07) is 3.18. The molecule has 1 atom stereocenters. The minimum Gasteiger partial charge on any atom is -0.316 e. The first-order chi connectivity index (χ1) is 8.25. The van der Waals surface area contributed by atoms with Gasteiger partial charge in [0.2, 0.25) is 0 Å². The summed E-state index contributed by atoms with van der Waals surface area (Å²) in [5.41, 5.74) is 2.54. The lowest BCUT2D eigenvalue weighted by Gasteiger charge is -2.05. The molecule has 3 heterocycles. The highest BCUT2D eigenvalue weighted by molar-refractivity contribution is 5.44. The number of hydrogen-bond donors (Lipinski definition) is 1. The van der Waals surface area contributed by atoms with E-state index in [-0.39, 0.29) is 5.82 Å². The van der Waals surface area contributed by atoms with Crippen molar-refractivity contribution in [2.45, 2.75) is 19.8 Å². The van der Waals surface area contributed by atoms with E-state index in [1.165, 1.54) is 12.5 Å². The van der Waals surface area contributed by atoms with Gasteiger partial charge in [-0.25, -0.2) is 9.37 Å². The standard InChI is InChI=1S/C13H16FN3/c1-9-12(7-10-4-5-15-8-10)16-13-11(14)3-2-6-17(9)13/h2-3,6,10,15H,4-5,7-8H2,1H3. The number of aromatic nitrogens is 2. The molecule has 1 aliphatic heterocycles. The van der Waals surface area contributed by atoms with Gasteiger partial charge in [-0.1, -0.05) is 0 Å². The number of fused-ring (bicyclic) bond motifs is 1. The largest absolute Gasteiger partial charge is 0.316 e. The zero-order valence-electron chi connectivity index (χ0n) is 9.91. The molecule has 1 aliphatic rings. The molecule has 4 heteroatoms. The van der Waals surface area contributed by atoms with Crippen LogP contribution in [0.3, 0.4) is 0 Å². The van der Waals surface area contributed by atoms with E-state index in [1.807, 2.05) is 17.5 Å². The van der Waals surface area contributed by atoms with Crippen LogP contribution < -0.4 is 5.32 Å². The van der Waals surface area contributed by atoms with Gasteiger partial charge in [0.25, 0.3) is 0 Å². The fourth-order valence-electron chi connectivity index (χ4n) is 2.55. The molecular formula is C13H16FN3. The summed E-state index contributed by atoms with van der Waals surface area (Å²) in [5, 5.41) is 3.35. The maximum Gasteiger partial charge on any atom is 0.173 e. The van der Waals surface area contributed by atoms with Crippen molar-refractivity contribution in [2.24, 2.45) is 5.92 Å². The van der Waals surface area contributed by atoms with Gasteiger partial charge in [-0.05, 0) is 50.9 Å². The molecule has 90 valence electrons. The maximum atomic E-state index is 13.6. The molecule has 0 saturated carbocycles. The van der Waals surface area contributed by atoms with Gasteiger partial charge in [-0.3, -0.25) is 0 Å². The molecule has 1 unspecified atom stereocenters. The van der Waals surface area contributed by atoms with Crippen molar-refractivity contribution < 1.29 is 4.39 Å². The van der Waals surface area contributed by atoms with Crippen LogP contribution >= 0.6 is 0 Å². The number of aryl methyl sites for hydroxylation is 1. The van der Waals surface area contributed by atoms with Crippen molar-refractivity contribution in [2.75, 3.05) is 13.1 Å². The summed E-state index contributed by atoms with van der Waals surface area (Å²) in [4.78, 5) is 4.44. The molecule has 1 N–H and O–H groups in total. The Kier molecular flexibility index (Phi) is 2.59. The number of pyridine rings is 1. The topological polar surface area (TPSA) is 29.3 Å². The fourth-order valence-corrected chi connectivity index (χ4v) is 2.55. The van der Waals surface area contributed by atoms with Gasteiger partial charge in [-0.15, -0.1) is 0 Å². The molecule has 2 aromatic rings. The monoisotopic (exact) mass is 233 g/mol. The number of halogens is 1. The van der Waals surface area contributed by atoms with E-state index in [9.17, 15) is 4.39 Å². The zero-order chi connectivity index (χ0) is 11.8.